The van der Waals surface area contributed by atoms with Crippen LogP contribution in [0.15, 0.2) is 78.9 Å². The van der Waals surface area contributed by atoms with E-state index in [4.69, 9.17) is 5.73 Å². The summed E-state index contributed by atoms with van der Waals surface area (Å²) >= 11 is 0. The zero-order valence-corrected chi connectivity index (χ0v) is 19.6. The first kappa shape index (κ1) is 22.6. The summed E-state index contributed by atoms with van der Waals surface area (Å²) in [5.41, 5.74) is 9.29. The predicted molar refractivity (Wildman–Crippen MR) is 133 cm³/mol. The summed E-state index contributed by atoms with van der Waals surface area (Å²) in [5.74, 6) is -1.16. The number of amides is 2. The molecule has 2 amide bonds. The number of rotatable bonds is 5. The third kappa shape index (κ3) is 3.78. The minimum Gasteiger partial charge on any atom is -0.381 e. The molecule has 0 saturated carbocycles. The number of primary amides is 1. The molecular formula is C28H31N3O2. The van der Waals surface area contributed by atoms with Crippen LogP contribution in [0.25, 0.3) is 0 Å². The van der Waals surface area contributed by atoms with Gasteiger partial charge in [-0.3, -0.25) is 9.59 Å². The highest BCUT2D eigenvalue weighted by Crippen LogP contribution is 2.54. The smallest absolute Gasteiger partial charge is 0.224 e. The van der Waals surface area contributed by atoms with Crippen molar-refractivity contribution in [1.82, 2.24) is 0 Å². The molecule has 0 aliphatic carbocycles. The zero-order valence-electron chi connectivity index (χ0n) is 19.6. The minimum atomic E-state index is -0.826. The molecule has 2 unspecified atom stereocenters. The molecule has 1 heterocycles. The summed E-state index contributed by atoms with van der Waals surface area (Å²) in [7, 11) is 0. The first-order valence-electron chi connectivity index (χ1n) is 11.3. The second-order valence-electron chi connectivity index (χ2n) is 9.48. The normalized spacial score (nSPS) is 21.2. The second kappa shape index (κ2) is 8.39. The van der Waals surface area contributed by atoms with Gasteiger partial charge >= 0.3 is 0 Å². The van der Waals surface area contributed by atoms with E-state index in [9.17, 15) is 9.59 Å². The number of anilines is 2. The molecule has 1 aliphatic rings. The Kier molecular flexibility index (Phi) is 5.75. The molecule has 3 N–H and O–H groups in total. The van der Waals surface area contributed by atoms with Crippen LogP contribution in [0.2, 0.25) is 0 Å². The Balaban J connectivity index is 1.89. The second-order valence-corrected chi connectivity index (χ2v) is 9.48. The number of carbonyl (C=O) groups is 2. The van der Waals surface area contributed by atoms with Crippen LogP contribution in [-0.4, -0.2) is 17.4 Å². The number of carbonyl (C=O) groups excluding carboxylic acids is 2. The number of fused-ring (bicyclic) bond motifs is 1. The van der Waals surface area contributed by atoms with Crippen LogP contribution in [0.4, 0.5) is 11.4 Å². The predicted octanol–water partition coefficient (Wildman–Crippen LogP) is 4.85. The molecule has 3 aromatic carbocycles. The fourth-order valence-electron chi connectivity index (χ4n) is 5.68. The third-order valence-electron chi connectivity index (χ3n) is 6.97. The van der Waals surface area contributed by atoms with Crippen LogP contribution in [0, 0.1) is 5.92 Å². The van der Waals surface area contributed by atoms with Crippen molar-refractivity contribution < 1.29 is 9.59 Å². The molecule has 0 saturated heterocycles. The van der Waals surface area contributed by atoms with E-state index in [1.54, 1.807) is 11.8 Å². The van der Waals surface area contributed by atoms with E-state index in [2.05, 4.69) is 24.4 Å². The highest BCUT2D eigenvalue weighted by Gasteiger charge is 2.57. The number of nitrogens with two attached hydrogens (primary N) is 1. The van der Waals surface area contributed by atoms with E-state index in [0.29, 0.717) is 6.54 Å². The van der Waals surface area contributed by atoms with Gasteiger partial charge in [0.2, 0.25) is 11.8 Å². The first-order valence-corrected chi connectivity index (χ1v) is 11.3. The van der Waals surface area contributed by atoms with Crippen LogP contribution in [-0.2, 0) is 21.5 Å². The van der Waals surface area contributed by atoms with Gasteiger partial charge in [0.1, 0.15) is 0 Å². The Labute approximate surface area is 195 Å². The molecule has 33 heavy (non-hydrogen) atoms. The van der Waals surface area contributed by atoms with Gasteiger partial charge in [0.15, 0.2) is 0 Å². The molecule has 0 spiro atoms. The molecule has 2 atom stereocenters. The van der Waals surface area contributed by atoms with Gasteiger partial charge in [-0.25, -0.2) is 0 Å². The van der Waals surface area contributed by atoms with E-state index in [1.165, 1.54) is 5.56 Å². The number of hydrogen-bond donors (Lipinski definition) is 2. The maximum atomic E-state index is 12.9. The fourth-order valence-corrected chi connectivity index (χ4v) is 5.68. The Bertz CT molecular complexity index is 1170. The maximum absolute atomic E-state index is 12.9. The summed E-state index contributed by atoms with van der Waals surface area (Å²) in [5, 5.41) is 3.47. The summed E-state index contributed by atoms with van der Waals surface area (Å²) in [6.45, 7) is 8.13. The SMILES string of the molecule is CC(=O)N1c2cc(NCc3ccccc3)ccc2C(C)(c2ccccc2)C(C(N)=O)C1(C)C. The van der Waals surface area contributed by atoms with E-state index < -0.39 is 22.8 Å². The van der Waals surface area contributed by atoms with Gasteiger partial charge < -0.3 is 16.0 Å². The summed E-state index contributed by atoms with van der Waals surface area (Å²) < 4.78 is 0. The largest absolute Gasteiger partial charge is 0.381 e. The summed E-state index contributed by atoms with van der Waals surface area (Å²) in [6.07, 6.45) is 0. The van der Waals surface area contributed by atoms with Crippen LogP contribution in [0.5, 0.6) is 0 Å². The Morgan fingerprint density at radius 3 is 2.12 bits per heavy atom. The first-order chi connectivity index (χ1) is 15.7. The van der Waals surface area contributed by atoms with Gasteiger partial charge in [-0.15, -0.1) is 0 Å². The molecule has 3 aromatic rings. The quantitative estimate of drug-likeness (QED) is 0.594. The van der Waals surface area contributed by atoms with Gasteiger partial charge in [-0.1, -0.05) is 73.7 Å². The Hall–Kier alpha value is -3.60. The monoisotopic (exact) mass is 441 g/mol. The minimum absolute atomic E-state index is 0.122. The lowest BCUT2D eigenvalue weighted by molar-refractivity contribution is -0.127. The summed E-state index contributed by atoms with van der Waals surface area (Å²) in [4.78, 5) is 27.6. The van der Waals surface area contributed by atoms with Crippen molar-refractivity contribution in [3.05, 3.63) is 95.6 Å². The molecule has 0 radical (unpaired) electrons. The van der Waals surface area contributed by atoms with Gasteiger partial charge in [0, 0.05) is 24.6 Å². The number of nitrogens with zero attached hydrogens (tertiary/aromatic N) is 1. The van der Waals surface area contributed by atoms with Crippen molar-refractivity contribution in [2.75, 3.05) is 10.2 Å². The molecule has 0 aromatic heterocycles. The van der Waals surface area contributed by atoms with Crippen LogP contribution < -0.4 is 16.0 Å². The standard InChI is InChI=1S/C28H31N3O2/c1-19(32)31-24-17-22(30-18-20-11-7-5-8-12-20)15-16-23(24)28(4,21-13-9-6-10-14-21)25(26(29)33)27(31,2)3/h5-17,25,30H,18H2,1-4H3,(H2,29,33). The zero-order chi connectivity index (χ0) is 23.8. The van der Waals surface area contributed by atoms with E-state index in [0.717, 1.165) is 22.5 Å². The van der Waals surface area contributed by atoms with Crippen molar-refractivity contribution in [2.24, 2.45) is 11.7 Å². The van der Waals surface area contributed by atoms with Gasteiger partial charge in [-0.05, 0) is 42.7 Å². The molecule has 5 heteroatoms. The Morgan fingerprint density at radius 1 is 0.939 bits per heavy atom. The number of nitrogens with one attached hydrogen (secondary N) is 1. The molecule has 0 fully saturated rings. The van der Waals surface area contributed by atoms with Gasteiger partial charge in [0.25, 0.3) is 0 Å². The van der Waals surface area contributed by atoms with Crippen molar-refractivity contribution in [2.45, 2.75) is 45.2 Å². The molecular weight excluding hydrogens is 410 g/mol. The topological polar surface area (TPSA) is 75.4 Å². The van der Waals surface area contributed by atoms with E-state index in [-0.39, 0.29) is 5.91 Å². The molecule has 0 bridgehead atoms. The highest BCUT2D eigenvalue weighted by atomic mass is 16.2. The molecule has 4 rings (SSSR count). The van der Waals surface area contributed by atoms with E-state index in [1.807, 2.05) is 80.6 Å². The van der Waals surface area contributed by atoms with Crippen LogP contribution in [0.3, 0.4) is 0 Å². The highest BCUT2D eigenvalue weighted by molar-refractivity contribution is 5.98. The van der Waals surface area contributed by atoms with Crippen LogP contribution in [0.1, 0.15) is 44.4 Å². The average Bonchev–Trinajstić information content (AvgIpc) is 2.77. The average molecular weight is 442 g/mol. The maximum Gasteiger partial charge on any atom is 0.224 e. The third-order valence-corrected chi connectivity index (χ3v) is 6.97. The van der Waals surface area contributed by atoms with Gasteiger partial charge in [-0.2, -0.15) is 0 Å². The van der Waals surface area contributed by atoms with Crippen molar-refractivity contribution in [3.63, 3.8) is 0 Å². The van der Waals surface area contributed by atoms with Crippen molar-refractivity contribution >= 4 is 23.2 Å². The van der Waals surface area contributed by atoms with Crippen molar-refractivity contribution in [3.8, 4) is 0 Å². The molecule has 170 valence electrons. The summed E-state index contributed by atoms with van der Waals surface area (Å²) in [6, 6.07) is 26.2. The lowest BCUT2D eigenvalue weighted by atomic mass is 9.57. The van der Waals surface area contributed by atoms with Gasteiger partial charge in [0.05, 0.1) is 17.1 Å². The lowest BCUT2D eigenvalue weighted by Gasteiger charge is -2.55. The molecule has 1 aliphatic heterocycles. The van der Waals surface area contributed by atoms with E-state index >= 15 is 0 Å². The number of benzene rings is 3. The number of hydrogen-bond acceptors (Lipinski definition) is 3. The molecule has 5 nitrogen and oxygen atoms in total. The Morgan fingerprint density at radius 2 is 1.55 bits per heavy atom. The van der Waals surface area contributed by atoms with Crippen LogP contribution >= 0.6 is 0 Å². The lowest BCUT2D eigenvalue weighted by Crippen LogP contribution is -2.65. The fraction of sp³-hybridized carbons (Fsp3) is 0.286. The van der Waals surface area contributed by atoms with Crippen molar-refractivity contribution in [1.29, 1.82) is 0 Å².